The Morgan fingerprint density at radius 2 is 1.76 bits per heavy atom. The fourth-order valence-corrected chi connectivity index (χ4v) is 3.04. The molecule has 0 aliphatic heterocycles. The standard InChI is InChI=1S/C18H21NOS/c1-3-17(21-13-15-7-5-4-6-8-15)18(20)19-16-11-9-14(2)10-12-16/h4-12,17H,3,13H2,1-2H3,(H,19,20). The number of hydrogen-bond donors (Lipinski definition) is 1. The molecule has 0 bridgehead atoms. The maximum absolute atomic E-state index is 12.3. The van der Waals surface area contributed by atoms with Crippen molar-refractivity contribution in [2.75, 3.05) is 5.32 Å². The molecule has 1 atom stereocenters. The Morgan fingerprint density at radius 3 is 2.38 bits per heavy atom. The average Bonchev–Trinajstić information content (AvgIpc) is 2.51. The number of aryl methyl sites for hydroxylation is 1. The summed E-state index contributed by atoms with van der Waals surface area (Å²) in [5.41, 5.74) is 3.31. The molecule has 1 N–H and O–H groups in total. The summed E-state index contributed by atoms with van der Waals surface area (Å²) in [6.07, 6.45) is 0.829. The molecule has 2 nitrogen and oxygen atoms in total. The highest BCUT2D eigenvalue weighted by molar-refractivity contribution is 7.99. The summed E-state index contributed by atoms with van der Waals surface area (Å²) in [6, 6.07) is 18.2. The molecule has 0 aromatic heterocycles. The summed E-state index contributed by atoms with van der Waals surface area (Å²) in [4.78, 5) is 12.3. The van der Waals surface area contributed by atoms with Crippen LogP contribution in [0.3, 0.4) is 0 Å². The molecule has 1 amide bonds. The van der Waals surface area contributed by atoms with Crippen LogP contribution in [-0.2, 0) is 10.5 Å². The zero-order valence-electron chi connectivity index (χ0n) is 12.5. The molecule has 21 heavy (non-hydrogen) atoms. The molecule has 0 saturated carbocycles. The van der Waals surface area contributed by atoms with Gasteiger partial charge in [0, 0.05) is 11.4 Å². The number of carbonyl (C=O) groups excluding carboxylic acids is 1. The predicted octanol–water partition coefficient (Wildman–Crippen LogP) is 4.65. The van der Waals surface area contributed by atoms with Gasteiger partial charge in [-0.3, -0.25) is 4.79 Å². The third-order valence-electron chi connectivity index (χ3n) is 3.28. The zero-order chi connectivity index (χ0) is 15.1. The van der Waals surface area contributed by atoms with E-state index in [2.05, 4.69) is 24.4 Å². The molecule has 0 aliphatic rings. The van der Waals surface area contributed by atoms with Crippen molar-refractivity contribution in [3.8, 4) is 0 Å². The van der Waals surface area contributed by atoms with E-state index in [0.717, 1.165) is 17.9 Å². The number of thioether (sulfide) groups is 1. The van der Waals surface area contributed by atoms with Crippen LogP contribution in [0.15, 0.2) is 54.6 Å². The van der Waals surface area contributed by atoms with Crippen molar-refractivity contribution < 1.29 is 4.79 Å². The number of rotatable bonds is 6. The normalized spacial score (nSPS) is 11.9. The van der Waals surface area contributed by atoms with E-state index in [1.807, 2.05) is 49.4 Å². The number of hydrogen-bond acceptors (Lipinski definition) is 2. The molecule has 1 unspecified atom stereocenters. The Morgan fingerprint density at radius 1 is 1.10 bits per heavy atom. The number of carbonyl (C=O) groups is 1. The minimum absolute atomic E-state index is 0.0218. The van der Waals surface area contributed by atoms with Crippen molar-refractivity contribution in [1.82, 2.24) is 0 Å². The number of anilines is 1. The lowest BCUT2D eigenvalue weighted by molar-refractivity contribution is -0.115. The monoisotopic (exact) mass is 299 g/mol. The number of amides is 1. The van der Waals surface area contributed by atoms with Gasteiger partial charge in [0.25, 0.3) is 0 Å². The first-order chi connectivity index (χ1) is 10.2. The fraction of sp³-hybridized carbons (Fsp3) is 0.278. The average molecular weight is 299 g/mol. The first-order valence-electron chi connectivity index (χ1n) is 7.22. The lowest BCUT2D eigenvalue weighted by Gasteiger charge is -2.15. The molecular weight excluding hydrogens is 278 g/mol. The van der Waals surface area contributed by atoms with Gasteiger partial charge >= 0.3 is 0 Å². The first-order valence-corrected chi connectivity index (χ1v) is 8.27. The summed E-state index contributed by atoms with van der Waals surface area (Å²) in [5, 5.41) is 2.97. The second kappa shape index (κ2) is 7.89. The van der Waals surface area contributed by atoms with Crippen LogP contribution in [0, 0.1) is 6.92 Å². The van der Waals surface area contributed by atoms with Crippen LogP contribution in [0.25, 0.3) is 0 Å². The molecule has 0 saturated heterocycles. The van der Waals surface area contributed by atoms with Crippen molar-refractivity contribution in [3.63, 3.8) is 0 Å². The SMILES string of the molecule is CCC(SCc1ccccc1)C(=O)Nc1ccc(C)cc1. The Labute approximate surface area is 131 Å². The predicted molar refractivity (Wildman–Crippen MR) is 91.6 cm³/mol. The zero-order valence-corrected chi connectivity index (χ0v) is 13.3. The molecule has 0 spiro atoms. The van der Waals surface area contributed by atoms with Crippen LogP contribution < -0.4 is 5.32 Å². The van der Waals surface area contributed by atoms with E-state index in [-0.39, 0.29) is 11.2 Å². The molecular formula is C18H21NOS. The maximum atomic E-state index is 12.3. The first kappa shape index (κ1) is 15.6. The fourth-order valence-electron chi connectivity index (χ4n) is 2.01. The lowest BCUT2D eigenvalue weighted by Crippen LogP contribution is -2.24. The van der Waals surface area contributed by atoms with Crippen LogP contribution in [0.5, 0.6) is 0 Å². The van der Waals surface area contributed by atoms with E-state index < -0.39 is 0 Å². The summed E-state index contributed by atoms with van der Waals surface area (Å²) < 4.78 is 0. The Kier molecular flexibility index (Phi) is 5.88. The molecule has 0 heterocycles. The van der Waals surface area contributed by atoms with E-state index in [9.17, 15) is 4.79 Å². The molecule has 0 aliphatic carbocycles. The van der Waals surface area contributed by atoms with Crippen LogP contribution in [0.1, 0.15) is 24.5 Å². The molecule has 2 aromatic rings. The van der Waals surface area contributed by atoms with Gasteiger partial charge in [-0.2, -0.15) is 0 Å². The van der Waals surface area contributed by atoms with Crippen LogP contribution in [-0.4, -0.2) is 11.2 Å². The van der Waals surface area contributed by atoms with E-state index in [4.69, 9.17) is 0 Å². The molecule has 2 rings (SSSR count). The smallest absolute Gasteiger partial charge is 0.237 e. The topological polar surface area (TPSA) is 29.1 Å². The van der Waals surface area contributed by atoms with Crippen LogP contribution in [0.2, 0.25) is 0 Å². The van der Waals surface area contributed by atoms with E-state index in [0.29, 0.717) is 0 Å². The molecule has 0 fully saturated rings. The van der Waals surface area contributed by atoms with E-state index in [1.54, 1.807) is 11.8 Å². The summed E-state index contributed by atoms with van der Waals surface area (Å²) in [7, 11) is 0. The number of nitrogens with one attached hydrogen (secondary N) is 1. The molecule has 0 radical (unpaired) electrons. The minimum Gasteiger partial charge on any atom is -0.325 e. The van der Waals surface area contributed by atoms with Crippen molar-refractivity contribution >= 4 is 23.4 Å². The van der Waals surface area contributed by atoms with Crippen molar-refractivity contribution in [1.29, 1.82) is 0 Å². The number of benzene rings is 2. The quantitative estimate of drug-likeness (QED) is 0.841. The molecule has 2 aromatic carbocycles. The van der Waals surface area contributed by atoms with E-state index >= 15 is 0 Å². The summed E-state index contributed by atoms with van der Waals surface area (Å²) in [6.45, 7) is 4.09. The summed E-state index contributed by atoms with van der Waals surface area (Å²) in [5.74, 6) is 0.947. The molecule has 3 heteroatoms. The van der Waals surface area contributed by atoms with Gasteiger partial charge in [0.1, 0.15) is 0 Å². The van der Waals surface area contributed by atoms with Gasteiger partial charge in [-0.1, -0.05) is 55.0 Å². The van der Waals surface area contributed by atoms with Gasteiger partial charge in [-0.15, -0.1) is 11.8 Å². The highest BCUT2D eigenvalue weighted by atomic mass is 32.2. The lowest BCUT2D eigenvalue weighted by atomic mass is 10.2. The van der Waals surface area contributed by atoms with Gasteiger partial charge in [-0.25, -0.2) is 0 Å². The third kappa shape index (κ3) is 4.94. The minimum atomic E-state index is -0.0218. The van der Waals surface area contributed by atoms with E-state index in [1.165, 1.54) is 11.1 Å². The Hall–Kier alpha value is -1.74. The molecule has 110 valence electrons. The van der Waals surface area contributed by atoms with Crippen molar-refractivity contribution in [2.45, 2.75) is 31.3 Å². The highest BCUT2D eigenvalue weighted by Crippen LogP contribution is 2.22. The van der Waals surface area contributed by atoms with Gasteiger partial charge in [0.05, 0.1) is 5.25 Å². The second-order valence-electron chi connectivity index (χ2n) is 5.05. The highest BCUT2D eigenvalue weighted by Gasteiger charge is 2.17. The second-order valence-corrected chi connectivity index (χ2v) is 6.24. The Bertz CT molecular complexity index is 566. The Balaban J connectivity index is 1.90. The third-order valence-corrected chi connectivity index (χ3v) is 4.73. The maximum Gasteiger partial charge on any atom is 0.237 e. The van der Waals surface area contributed by atoms with Crippen LogP contribution in [0.4, 0.5) is 5.69 Å². The van der Waals surface area contributed by atoms with Crippen LogP contribution >= 0.6 is 11.8 Å². The van der Waals surface area contributed by atoms with Crippen molar-refractivity contribution in [3.05, 3.63) is 65.7 Å². The van der Waals surface area contributed by atoms with Gasteiger partial charge in [0.15, 0.2) is 0 Å². The largest absolute Gasteiger partial charge is 0.325 e. The summed E-state index contributed by atoms with van der Waals surface area (Å²) >= 11 is 1.69. The van der Waals surface area contributed by atoms with Gasteiger partial charge in [-0.05, 0) is 31.0 Å². The van der Waals surface area contributed by atoms with Crippen molar-refractivity contribution in [2.24, 2.45) is 0 Å². The van der Waals surface area contributed by atoms with Gasteiger partial charge < -0.3 is 5.32 Å². The van der Waals surface area contributed by atoms with Gasteiger partial charge in [0.2, 0.25) is 5.91 Å².